The van der Waals surface area contributed by atoms with E-state index in [1.54, 1.807) is 11.8 Å². The number of carbonyl (C=O) groups excluding carboxylic acids is 1. The van der Waals surface area contributed by atoms with Crippen LogP contribution in [0.25, 0.3) is 0 Å². The van der Waals surface area contributed by atoms with Gasteiger partial charge in [-0.1, -0.05) is 13.8 Å². The highest BCUT2D eigenvalue weighted by Gasteiger charge is 2.31. The topological polar surface area (TPSA) is 70.2 Å². The number of halogens is 1. The van der Waals surface area contributed by atoms with Gasteiger partial charge in [0.05, 0.1) is 13.7 Å². The fourth-order valence-corrected chi connectivity index (χ4v) is 4.49. The lowest BCUT2D eigenvalue weighted by atomic mass is 10.3. The molecule has 0 atom stereocenters. The van der Waals surface area contributed by atoms with Crippen LogP contribution in [-0.4, -0.2) is 81.4 Å². The Bertz CT molecular complexity index is 734. The summed E-state index contributed by atoms with van der Waals surface area (Å²) < 4.78 is 45.5. The van der Waals surface area contributed by atoms with E-state index in [0.29, 0.717) is 13.1 Å². The molecule has 0 radical (unpaired) electrons. The van der Waals surface area contributed by atoms with E-state index < -0.39 is 15.8 Å². The molecule has 1 fully saturated rings. The highest BCUT2D eigenvalue weighted by Crippen LogP contribution is 2.27. The van der Waals surface area contributed by atoms with Crippen molar-refractivity contribution in [3.8, 4) is 5.75 Å². The van der Waals surface area contributed by atoms with Gasteiger partial charge in [0, 0.05) is 32.7 Å². The van der Waals surface area contributed by atoms with Gasteiger partial charge in [-0.15, -0.1) is 0 Å². The van der Waals surface area contributed by atoms with Crippen molar-refractivity contribution in [1.29, 1.82) is 0 Å². The predicted molar refractivity (Wildman–Crippen MR) is 96.1 cm³/mol. The summed E-state index contributed by atoms with van der Waals surface area (Å²) in [5.41, 5.74) is 0. The number of amides is 1. The number of rotatable bonds is 7. The molecule has 0 N–H and O–H groups in total. The molecule has 0 aromatic heterocycles. The maximum absolute atomic E-state index is 13.6. The molecule has 7 nitrogen and oxygen atoms in total. The minimum atomic E-state index is -4.06. The normalized spacial score (nSPS) is 16.1. The maximum atomic E-state index is 13.6. The Morgan fingerprint density at radius 1 is 1.23 bits per heavy atom. The zero-order valence-corrected chi connectivity index (χ0v) is 16.3. The Morgan fingerprint density at radius 2 is 1.88 bits per heavy atom. The van der Waals surface area contributed by atoms with Crippen LogP contribution >= 0.6 is 0 Å². The molecule has 0 spiro atoms. The zero-order chi connectivity index (χ0) is 19.3. The Hall–Kier alpha value is -1.71. The van der Waals surface area contributed by atoms with Crippen LogP contribution in [0.4, 0.5) is 4.39 Å². The fourth-order valence-electron chi connectivity index (χ4n) is 2.92. The number of likely N-dealkylation sites (N-methyl/N-ethyl adjacent to an activating group) is 2. The summed E-state index contributed by atoms with van der Waals surface area (Å²) in [6.45, 7) is 7.17. The standard InChI is InChI=1S/C17H26FN3O4S/c1-4-19-8-10-20(11-9-19)17(22)13-21(5-2)26(23,24)16-12-14(18)6-7-15(16)25-3/h6-7,12H,4-5,8-11,13H2,1-3H3. The van der Waals surface area contributed by atoms with Crippen LogP contribution in [0.5, 0.6) is 5.75 Å². The molecule has 1 aliphatic heterocycles. The van der Waals surface area contributed by atoms with Gasteiger partial charge >= 0.3 is 0 Å². The smallest absolute Gasteiger partial charge is 0.247 e. The second-order valence-electron chi connectivity index (χ2n) is 6.04. The van der Waals surface area contributed by atoms with Gasteiger partial charge in [-0.2, -0.15) is 4.31 Å². The minimum absolute atomic E-state index is 0.0499. The van der Waals surface area contributed by atoms with E-state index in [-0.39, 0.29) is 29.6 Å². The molecule has 1 heterocycles. The largest absolute Gasteiger partial charge is 0.495 e. The van der Waals surface area contributed by atoms with E-state index in [4.69, 9.17) is 4.74 Å². The van der Waals surface area contributed by atoms with Crippen LogP contribution < -0.4 is 4.74 Å². The number of hydrogen-bond acceptors (Lipinski definition) is 5. The average molecular weight is 387 g/mol. The van der Waals surface area contributed by atoms with E-state index in [1.165, 1.54) is 13.2 Å². The number of ether oxygens (including phenoxy) is 1. The van der Waals surface area contributed by atoms with Gasteiger partial charge < -0.3 is 14.5 Å². The van der Waals surface area contributed by atoms with Crippen molar-refractivity contribution in [3.63, 3.8) is 0 Å². The Labute approximate surface area is 154 Å². The van der Waals surface area contributed by atoms with Crippen LogP contribution in [0.1, 0.15) is 13.8 Å². The second-order valence-corrected chi connectivity index (χ2v) is 7.95. The van der Waals surface area contributed by atoms with Crippen LogP contribution in [0.15, 0.2) is 23.1 Å². The van der Waals surface area contributed by atoms with Crippen LogP contribution in [-0.2, 0) is 14.8 Å². The van der Waals surface area contributed by atoms with Crippen molar-refractivity contribution >= 4 is 15.9 Å². The van der Waals surface area contributed by atoms with Crippen molar-refractivity contribution in [2.24, 2.45) is 0 Å². The number of hydrogen-bond donors (Lipinski definition) is 0. The third kappa shape index (κ3) is 4.52. The number of nitrogens with zero attached hydrogens (tertiary/aromatic N) is 3. The van der Waals surface area contributed by atoms with Crippen molar-refractivity contribution in [1.82, 2.24) is 14.1 Å². The lowest BCUT2D eigenvalue weighted by Gasteiger charge is -2.35. The van der Waals surface area contributed by atoms with Gasteiger partial charge in [-0.25, -0.2) is 12.8 Å². The third-order valence-corrected chi connectivity index (χ3v) is 6.52. The first kappa shape index (κ1) is 20.6. The molecular formula is C17H26FN3O4S. The van der Waals surface area contributed by atoms with Crippen molar-refractivity contribution in [3.05, 3.63) is 24.0 Å². The third-order valence-electron chi connectivity index (χ3n) is 4.58. The quantitative estimate of drug-likeness (QED) is 0.698. The van der Waals surface area contributed by atoms with E-state index in [9.17, 15) is 17.6 Å². The summed E-state index contributed by atoms with van der Waals surface area (Å²) in [6.07, 6.45) is 0. The van der Waals surface area contributed by atoms with Crippen LogP contribution in [0.2, 0.25) is 0 Å². The lowest BCUT2D eigenvalue weighted by molar-refractivity contribution is -0.133. The molecule has 2 rings (SSSR count). The number of carbonyl (C=O) groups is 1. The molecule has 0 aliphatic carbocycles. The molecular weight excluding hydrogens is 361 g/mol. The Morgan fingerprint density at radius 3 is 2.42 bits per heavy atom. The first-order valence-electron chi connectivity index (χ1n) is 8.67. The summed E-state index contributed by atoms with van der Waals surface area (Å²) in [4.78, 5) is 16.2. The molecule has 9 heteroatoms. The molecule has 0 bridgehead atoms. The van der Waals surface area contributed by atoms with E-state index in [1.807, 2.05) is 0 Å². The first-order chi connectivity index (χ1) is 12.3. The predicted octanol–water partition coefficient (Wildman–Crippen LogP) is 1.01. The number of benzene rings is 1. The summed E-state index contributed by atoms with van der Waals surface area (Å²) >= 11 is 0. The van der Waals surface area contributed by atoms with Gasteiger partial charge in [0.25, 0.3) is 0 Å². The highest BCUT2D eigenvalue weighted by molar-refractivity contribution is 7.89. The SMILES string of the molecule is CCN1CCN(C(=O)CN(CC)S(=O)(=O)c2cc(F)ccc2OC)CC1. The monoisotopic (exact) mass is 387 g/mol. The second kappa shape index (κ2) is 8.79. The van der Waals surface area contributed by atoms with Crippen molar-refractivity contribution in [2.75, 3.05) is 52.9 Å². The van der Waals surface area contributed by atoms with Crippen LogP contribution in [0, 0.1) is 5.82 Å². The van der Waals surface area contributed by atoms with Gasteiger partial charge in [-0.3, -0.25) is 4.79 Å². The Kier molecular flexibility index (Phi) is 6.96. The number of sulfonamides is 1. The first-order valence-corrected chi connectivity index (χ1v) is 10.1. The van der Waals surface area contributed by atoms with E-state index >= 15 is 0 Å². The number of piperazine rings is 1. The lowest BCUT2D eigenvalue weighted by Crippen LogP contribution is -2.51. The molecule has 0 saturated carbocycles. The van der Waals surface area contributed by atoms with E-state index in [0.717, 1.165) is 36.1 Å². The molecule has 1 amide bonds. The summed E-state index contributed by atoms with van der Waals surface area (Å²) in [6, 6.07) is 3.32. The molecule has 0 unspecified atom stereocenters. The zero-order valence-electron chi connectivity index (χ0n) is 15.4. The fraction of sp³-hybridized carbons (Fsp3) is 0.588. The molecule has 1 aromatic rings. The Balaban J connectivity index is 2.17. The van der Waals surface area contributed by atoms with Gasteiger partial charge in [0.1, 0.15) is 16.5 Å². The van der Waals surface area contributed by atoms with E-state index in [2.05, 4.69) is 11.8 Å². The molecule has 26 heavy (non-hydrogen) atoms. The van der Waals surface area contributed by atoms with Crippen molar-refractivity contribution < 1.29 is 22.3 Å². The van der Waals surface area contributed by atoms with Gasteiger partial charge in [-0.05, 0) is 24.7 Å². The molecule has 1 aliphatic rings. The molecule has 1 saturated heterocycles. The maximum Gasteiger partial charge on any atom is 0.247 e. The number of methoxy groups -OCH3 is 1. The summed E-state index contributed by atoms with van der Waals surface area (Å²) in [5.74, 6) is -0.877. The van der Waals surface area contributed by atoms with Crippen LogP contribution in [0.3, 0.4) is 0 Å². The van der Waals surface area contributed by atoms with Gasteiger partial charge in [0.2, 0.25) is 15.9 Å². The summed E-state index contributed by atoms with van der Waals surface area (Å²) in [5, 5.41) is 0. The minimum Gasteiger partial charge on any atom is -0.495 e. The highest BCUT2D eigenvalue weighted by atomic mass is 32.2. The summed E-state index contributed by atoms with van der Waals surface area (Å²) in [7, 11) is -2.73. The molecule has 146 valence electrons. The van der Waals surface area contributed by atoms with Crippen molar-refractivity contribution in [2.45, 2.75) is 18.7 Å². The molecule has 1 aromatic carbocycles. The van der Waals surface area contributed by atoms with Gasteiger partial charge in [0.15, 0.2) is 0 Å². The average Bonchev–Trinajstić information content (AvgIpc) is 2.65.